The Hall–Kier alpha value is -1.36. The van der Waals surface area contributed by atoms with Gasteiger partial charge < -0.3 is 14.2 Å². The van der Waals surface area contributed by atoms with Crippen molar-refractivity contribution in [2.45, 2.75) is 45.8 Å². The molecule has 0 bridgehead atoms. The summed E-state index contributed by atoms with van der Waals surface area (Å²) in [5.41, 5.74) is 0. The molecule has 0 aliphatic heterocycles. The van der Waals surface area contributed by atoms with E-state index in [4.69, 9.17) is 9.47 Å². The van der Waals surface area contributed by atoms with Crippen LogP contribution in [0.2, 0.25) is 0 Å². The third-order valence-corrected chi connectivity index (χ3v) is 2.19. The first kappa shape index (κ1) is 16.6. The molecule has 0 fully saturated rings. The molecule has 0 aliphatic rings. The topological polar surface area (TPSA) is 61.8 Å². The van der Waals surface area contributed by atoms with Crippen LogP contribution < -0.4 is 0 Å². The Labute approximate surface area is 108 Å². The van der Waals surface area contributed by atoms with E-state index in [1.807, 2.05) is 0 Å². The standard InChI is InChI=1S/C13H22O5/c1-4-5-6-7-10-17-11(2)18-13(15)9-8-12(14)16-3/h8-9,11H,4-7,10H2,1-3H3/b9-8-. The third kappa shape index (κ3) is 9.84. The van der Waals surface area contributed by atoms with Crippen molar-refractivity contribution in [2.75, 3.05) is 13.7 Å². The number of carbonyl (C=O) groups is 2. The van der Waals surface area contributed by atoms with Gasteiger partial charge in [-0.2, -0.15) is 0 Å². The Balaban J connectivity index is 3.67. The fourth-order valence-corrected chi connectivity index (χ4v) is 1.22. The second kappa shape index (κ2) is 10.8. The van der Waals surface area contributed by atoms with Crippen molar-refractivity contribution in [2.24, 2.45) is 0 Å². The maximum Gasteiger partial charge on any atom is 0.333 e. The van der Waals surface area contributed by atoms with Crippen molar-refractivity contribution < 1.29 is 23.8 Å². The lowest BCUT2D eigenvalue weighted by molar-refractivity contribution is -0.169. The monoisotopic (exact) mass is 258 g/mol. The molecule has 5 nitrogen and oxygen atoms in total. The first-order chi connectivity index (χ1) is 8.60. The zero-order valence-electron chi connectivity index (χ0n) is 11.3. The van der Waals surface area contributed by atoms with Crippen LogP contribution in [0, 0.1) is 0 Å². The first-order valence-corrected chi connectivity index (χ1v) is 6.18. The molecule has 0 N–H and O–H groups in total. The number of esters is 2. The average molecular weight is 258 g/mol. The Morgan fingerprint density at radius 3 is 2.39 bits per heavy atom. The zero-order valence-corrected chi connectivity index (χ0v) is 11.3. The van der Waals surface area contributed by atoms with Crippen LogP contribution in [0.15, 0.2) is 12.2 Å². The predicted molar refractivity (Wildman–Crippen MR) is 66.8 cm³/mol. The number of unbranched alkanes of at least 4 members (excludes halogenated alkanes) is 3. The summed E-state index contributed by atoms with van der Waals surface area (Å²) in [5, 5.41) is 0. The van der Waals surface area contributed by atoms with E-state index in [-0.39, 0.29) is 0 Å². The molecule has 18 heavy (non-hydrogen) atoms. The van der Waals surface area contributed by atoms with E-state index in [1.165, 1.54) is 20.0 Å². The van der Waals surface area contributed by atoms with Gasteiger partial charge in [0.2, 0.25) is 0 Å². The van der Waals surface area contributed by atoms with Crippen LogP contribution >= 0.6 is 0 Å². The molecule has 0 heterocycles. The van der Waals surface area contributed by atoms with Gasteiger partial charge in [0.05, 0.1) is 13.7 Å². The van der Waals surface area contributed by atoms with Crippen LogP contribution in [0.5, 0.6) is 0 Å². The number of hydrogen-bond acceptors (Lipinski definition) is 5. The molecule has 0 rings (SSSR count). The summed E-state index contributed by atoms with van der Waals surface area (Å²) in [5.74, 6) is -1.22. The SMILES string of the molecule is CCCCCCOC(C)OC(=O)/C=C\C(=O)OC. The van der Waals surface area contributed by atoms with Crippen molar-refractivity contribution in [3.63, 3.8) is 0 Å². The summed E-state index contributed by atoms with van der Waals surface area (Å²) in [6.45, 7) is 4.35. The highest BCUT2D eigenvalue weighted by molar-refractivity contribution is 5.91. The highest BCUT2D eigenvalue weighted by Gasteiger charge is 2.07. The summed E-state index contributed by atoms with van der Waals surface area (Å²) in [4.78, 5) is 21.9. The van der Waals surface area contributed by atoms with E-state index in [2.05, 4.69) is 11.7 Å². The maximum atomic E-state index is 11.2. The molecule has 1 unspecified atom stereocenters. The minimum Gasteiger partial charge on any atom is -0.466 e. The number of carbonyl (C=O) groups excluding carboxylic acids is 2. The summed E-state index contributed by atoms with van der Waals surface area (Å²) in [6, 6.07) is 0. The largest absolute Gasteiger partial charge is 0.466 e. The van der Waals surface area contributed by atoms with Crippen LogP contribution in [0.25, 0.3) is 0 Å². The minimum atomic E-state index is -0.624. The molecule has 0 aliphatic carbocycles. The van der Waals surface area contributed by atoms with E-state index < -0.39 is 18.2 Å². The number of rotatable bonds is 9. The highest BCUT2D eigenvalue weighted by atomic mass is 16.7. The molecule has 5 heteroatoms. The van der Waals surface area contributed by atoms with E-state index in [0.717, 1.165) is 25.0 Å². The van der Waals surface area contributed by atoms with Gasteiger partial charge in [-0.15, -0.1) is 0 Å². The van der Waals surface area contributed by atoms with Gasteiger partial charge in [-0.25, -0.2) is 9.59 Å². The van der Waals surface area contributed by atoms with Gasteiger partial charge in [-0.05, 0) is 13.3 Å². The van der Waals surface area contributed by atoms with E-state index >= 15 is 0 Å². The molecular weight excluding hydrogens is 236 g/mol. The quantitative estimate of drug-likeness (QED) is 0.274. The van der Waals surface area contributed by atoms with E-state index in [0.29, 0.717) is 6.61 Å². The lowest BCUT2D eigenvalue weighted by Gasteiger charge is -2.12. The molecule has 0 aromatic rings. The molecule has 0 saturated heterocycles. The molecule has 0 amide bonds. The average Bonchev–Trinajstić information content (AvgIpc) is 2.35. The van der Waals surface area contributed by atoms with Gasteiger partial charge in [0.25, 0.3) is 0 Å². The van der Waals surface area contributed by atoms with Gasteiger partial charge >= 0.3 is 11.9 Å². The van der Waals surface area contributed by atoms with Crippen LogP contribution in [0.4, 0.5) is 0 Å². The van der Waals surface area contributed by atoms with Crippen molar-refractivity contribution in [3.05, 3.63) is 12.2 Å². The zero-order chi connectivity index (χ0) is 13.8. The molecule has 1 atom stereocenters. The van der Waals surface area contributed by atoms with E-state index in [1.54, 1.807) is 6.92 Å². The summed E-state index contributed by atoms with van der Waals surface area (Å²) in [6.07, 6.45) is 5.83. The van der Waals surface area contributed by atoms with Gasteiger partial charge in [0, 0.05) is 12.2 Å². The van der Waals surface area contributed by atoms with Gasteiger partial charge in [-0.1, -0.05) is 26.2 Å². The second-order valence-corrected chi connectivity index (χ2v) is 3.79. The van der Waals surface area contributed by atoms with E-state index in [9.17, 15) is 9.59 Å². The van der Waals surface area contributed by atoms with Crippen molar-refractivity contribution in [1.29, 1.82) is 0 Å². The Morgan fingerprint density at radius 2 is 1.78 bits per heavy atom. The van der Waals surface area contributed by atoms with Crippen molar-refractivity contribution in [1.82, 2.24) is 0 Å². The fraction of sp³-hybridized carbons (Fsp3) is 0.692. The second-order valence-electron chi connectivity index (χ2n) is 3.79. The number of methoxy groups -OCH3 is 1. The fourth-order valence-electron chi connectivity index (χ4n) is 1.22. The number of ether oxygens (including phenoxy) is 3. The van der Waals surface area contributed by atoms with Crippen molar-refractivity contribution in [3.8, 4) is 0 Å². The molecule has 104 valence electrons. The lowest BCUT2D eigenvalue weighted by Crippen LogP contribution is -2.17. The Bertz CT molecular complexity index is 273. The lowest BCUT2D eigenvalue weighted by atomic mass is 10.2. The first-order valence-electron chi connectivity index (χ1n) is 6.18. The molecule has 0 aromatic heterocycles. The van der Waals surface area contributed by atoms with Gasteiger partial charge in [-0.3, -0.25) is 0 Å². The van der Waals surface area contributed by atoms with Crippen LogP contribution in [-0.4, -0.2) is 31.9 Å². The summed E-state index contributed by atoms with van der Waals surface area (Å²) in [7, 11) is 1.24. The summed E-state index contributed by atoms with van der Waals surface area (Å²) < 4.78 is 14.5. The van der Waals surface area contributed by atoms with Crippen LogP contribution in [-0.2, 0) is 23.8 Å². The van der Waals surface area contributed by atoms with Crippen LogP contribution in [0.3, 0.4) is 0 Å². The maximum absolute atomic E-state index is 11.2. The minimum absolute atomic E-state index is 0.565. The molecule has 0 radical (unpaired) electrons. The summed E-state index contributed by atoms with van der Waals surface area (Å²) >= 11 is 0. The van der Waals surface area contributed by atoms with Crippen LogP contribution in [0.1, 0.15) is 39.5 Å². The Kier molecular flexibility index (Phi) is 9.96. The smallest absolute Gasteiger partial charge is 0.333 e. The predicted octanol–water partition coefficient (Wildman–Crippen LogP) is 2.20. The van der Waals surface area contributed by atoms with Gasteiger partial charge in [0.15, 0.2) is 6.29 Å². The molecule has 0 saturated carbocycles. The molecular formula is C13H22O5. The normalized spacial score (nSPS) is 12.4. The molecule has 0 aromatic carbocycles. The number of hydrogen-bond donors (Lipinski definition) is 0. The third-order valence-electron chi connectivity index (χ3n) is 2.19. The highest BCUT2D eigenvalue weighted by Crippen LogP contribution is 2.02. The van der Waals surface area contributed by atoms with Crippen molar-refractivity contribution >= 4 is 11.9 Å². The van der Waals surface area contributed by atoms with Gasteiger partial charge in [0.1, 0.15) is 0 Å². The molecule has 0 spiro atoms. The Morgan fingerprint density at radius 1 is 1.11 bits per heavy atom.